The van der Waals surface area contributed by atoms with Crippen molar-refractivity contribution in [1.82, 2.24) is 15.3 Å². The van der Waals surface area contributed by atoms with Crippen molar-refractivity contribution in [3.63, 3.8) is 0 Å². The Kier molecular flexibility index (Phi) is 3.57. The lowest BCUT2D eigenvalue weighted by molar-refractivity contribution is 0.187. The standard InChI is InChI=1S/C14H23N3O/c1-9-5-11(6-9)8-15-14(3,4)13-16-10(2)7-12(18)17-13/h7,9,11,15H,5-6,8H2,1-4H3,(H,16,17,18). The second kappa shape index (κ2) is 4.84. The zero-order valence-corrected chi connectivity index (χ0v) is 11.7. The molecule has 2 N–H and O–H groups in total. The number of aryl methyl sites for hydroxylation is 1. The topological polar surface area (TPSA) is 57.8 Å². The van der Waals surface area contributed by atoms with Crippen LogP contribution < -0.4 is 10.9 Å². The number of aromatic nitrogens is 2. The van der Waals surface area contributed by atoms with Crippen LogP contribution in [-0.4, -0.2) is 16.5 Å². The molecule has 0 aromatic carbocycles. The first-order valence-electron chi connectivity index (χ1n) is 6.70. The Hall–Kier alpha value is -1.16. The third-order valence-electron chi connectivity index (χ3n) is 3.77. The van der Waals surface area contributed by atoms with Crippen LogP contribution in [0.4, 0.5) is 0 Å². The van der Waals surface area contributed by atoms with Crippen LogP contribution in [0.1, 0.15) is 45.1 Å². The molecule has 0 spiro atoms. The van der Waals surface area contributed by atoms with Crippen LogP contribution in [-0.2, 0) is 5.54 Å². The van der Waals surface area contributed by atoms with Crippen LogP contribution in [0.5, 0.6) is 0 Å². The van der Waals surface area contributed by atoms with E-state index >= 15 is 0 Å². The van der Waals surface area contributed by atoms with Crippen LogP contribution >= 0.6 is 0 Å². The Morgan fingerprint density at radius 1 is 1.50 bits per heavy atom. The highest BCUT2D eigenvalue weighted by atomic mass is 16.1. The average Bonchev–Trinajstić information content (AvgIpc) is 2.21. The maximum Gasteiger partial charge on any atom is 0.251 e. The highest BCUT2D eigenvalue weighted by Crippen LogP contribution is 2.33. The van der Waals surface area contributed by atoms with Gasteiger partial charge in [0.2, 0.25) is 0 Å². The van der Waals surface area contributed by atoms with Crippen LogP contribution in [0.25, 0.3) is 0 Å². The molecule has 0 amide bonds. The molecular weight excluding hydrogens is 226 g/mol. The molecule has 1 aliphatic carbocycles. The minimum Gasteiger partial charge on any atom is -0.309 e. The van der Waals surface area contributed by atoms with E-state index in [0.717, 1.165) is 29.9 Å². The van der Waals surface area contributed by atoms with E-state index in [-0.39, 0.29) is 11.1 Å². The molecule has 1 aromatic heterocycles. The van der Waals surface area contributed by atoms with Gasteiger partial charge in [-0.1, -0.05) is 6.92 Å². The molecule has 4 nitrogen and oxygen atoms in total. The molecule has 1 aromatic rings. The first kappa shape index (κ1) is 13.3. The summed E-state index contributed by atoms with van der Waals surface area (Å²) in [4.78, 5) is 18.7. The van der Waals surface area contributed by atoms with E-state index in [9.17, 15) is 4.79 Å². The lowest BCUT2D eigenvalue weighted by Gasteiger charge is -2.36. The average molecular weight is 249 g/mol. The first-order chi connectivity index (χ1) is 8.37. The zero-order chi connectivity index (χ0) is 13.3. The van der Waals surface area contributed by atoms with E-state index < -0.39 is 0 Å². The molecule has 0 unspecified atom stereocenters. The molecule has 18 heavy (non-hydrogen) atoms. The van der Waals surface area contributed by atoms with E-state index in [2.05, 4.69) is 36.1 Å². The maximum atomic E-state index is 11.5. The van der Waals surface area contributed by atoms with Crippen molar-refractivity contribution >= 4 is 0 Å². The predicted octanol–water partition coefficient (Wildman–Crippen LogP) is 1.95. The van der Waals surface area contributed by atoms with Crippen molar-refractivity contribution < 1.29 is 0 Å². The van der Waals surface area contributed by atoms with Gasteiger partial charge in [-0.2, -0.15) is 0 Å². The zero-order valence-electron chi connectivity index (χ0n) is 11.7. The molecule has 0 radical (unpaired) electrons. The maximum absolute atomic E-state index is 11.5. The van der Waals surface area contributed by atoms with Crippen molar-refractivity contribution in [3.05, 3.63) is 27.9 Å². The normalized spacial score (nSPS) is 23.8. The fourth-order valence-electron chi connectivity index (χ4n) is 2.59. The van der Waals surface area contributed by atoms with Crippen molar-refractivity contribution in [2.45, 2.75) is 46.1 Å². The quantitative estimate of drug-likeness (QED) is 0.857. The second-order valence-corrected chi connectivity index (χ2v) is 6.18. The van der Waals surface area contributed by atoms with Crippen molar-refractivity contribution in [2.24, 2.45) is 11.8 Å². The molecule has 0 aliphatic heterocycles. The van der Waals surface area contributed by atoms with Gasteiger partial charge in [0.05, 0.1) is 5.54 Å². The van der Waals surface area contributed by atoms with Crippen molar-refractivity contribution in [3.8, 4) is 0 Å². The Labute approximate surface area is 108 Å². The van der Waals surface area contributed by atoms with E-state index in [1.165, 1.54) is 18.9 Å². The Morgan fingerprint density at radius 3 is 2.72 bits per heavy atom. The third kappa shape index (κ3) is 2.99. The number of hydrogen-bond acceptors (Lipinski definition) is 3. The lowest BCUT2D eigenvalue weighted by Crippen LogP contribution is -2.44. The van der Waals surface area contributed by atoms with Crippen LogP contribution in [0.15, 0.2) is 10.9 Å². The number of rotatable bonds is 4. The molecule has 1 saturated carbocycles. The Balaban J connectivity index is 2.02. The number of nitrogens with zero attached hydrogens (tertiary/aromatic N) is 1. The highest BCUT2D eigenvalue weighted by Gasteiger charge is 2.29. The van der Waals surface area contributed by atoms with Gasteiger partial charge in [0.15, 0.2) is 0 Å². The molecule has 1 aliphatic rings. The van der Waals surface area contributed by atoms with Gasteiger partial charge in [-0.25, -0.2) is 4.98 Å². The third-order valence-corrected chi connectivity index (χ3v) is 3.77. The van der Waals surface area contributed by atoms with Gasteiger partial charge >= 0.3 is 0 Å². The van der Waals surface area contributed by atoms with E-state index in [0.29, 0.717) is 0 Å². The van der Waals surface area contributed by atoms with Gasteiger partial charge in [0.1, 0.15) is 5.82 Å². The molecule has 100 valence electrons. The van der Waals surface area contributed by atoms with Crippen LogP contribution in [0.2, 0.25) is 0 Å². The van der Waals surface area contributed by atoms with E-state index in [1.54, 1.807) is 0 Å². The lowest BCUT2D eigenvalue weighted by atomic mass is 9.76. The molecule has 0 saturated heterocycles. The highest BCUT2D eigenvalue weighted by molar-refractivity contribution is 5.07. The van der Waals surface area contributed by atoms with Crippen LogP contribution in [0, 0.1) is 18.8 Å². The van der Waals surface area contributed by atoms with Gasteiger partial charge < -0.3 is 10.3 Å². The van der Waals surface area contributed by atoms with Crippen molar-refractivity contribution in [2.75, 3.05) is 6.54 Å². The number of nitrogens with one attached hydrogen (secondary N) is 2. The monoisotopic (exact) mass is 249 g/mol. The summed E-state index contributed by atoms with van der Waals surface area (Å²) >= 11 is 0. The van der Waals surface area contributed by atoms with Gasteiger partial charge in [-0.3, -0.25) is 4.79 Å². The minimum atomic E-state index is -0.288. The largest absolute Gasteiger partial charge is 0.309 e. The fourth-order valence-corrected chi connectivity index (χ4v) is 2.59. The molecule has 2 rings (SSSR count). The van der Waals surface area contributed by atoms with Gasteiger partial charge in [0, 0.05) is 11.8 Å². The van der Waals surface area contributed by atoms with Crippen LogP contribution in [0.3, 0.4) is 0 Å². The number of hydrogen-bond donors (Lipinski definition) is 2. The molecular formula is C14H23N3O. The summed E-state index contributed by atoms with van der Waals surface area (Å²) in [5.41, 5.74) is 0.398. The SMILES string of the molecule is Cc1cc(=O)[nH]c(C(C)(C)NCC2CC(C)C2)n1. The summed E-state index contributed by atoms with van der Waals surface area (Å²) in [6.45, 7) is 9.26. The molecule has 1 fully saturated rings. The van der Waals surface area contributed by atoms with Gasteiger partial charge in [-0.05, 0) is 52.0 Å². The molecule has 0 atom stereocenters. The number of H-pyrrole nitrogens is 1. The summed E-state index contributed by atoms with van der Waals surface area (Å²) in [6, 6.07) is 1.52. The van der Waals surface area contributed by atoms with E-state index in [4.69, 9.17) is 0 Å². The summed E-state index contributed by atoms with van der Waals surface area (Å²) < 4.78 is 0. The summed E-state index contributed by atoms with van der Waals surface area (Å²) in [6.07, 6.45) is 2.61. The Bertz CT molecular complexity index is 472. The summed E-state index contributed by atoms with van der Waals surface area (Å²) in [5, 5.41) is 3.52. The number of aromatic amines is 1. The predicted molar refractivity (Wildman–Crippen MR) is 72.5 cm³/mol. The molecule has 0 bridgehead atoms. The second-order valence-electron chi connectivity index (χ2n) is 6.18. The van der Waals surface area contributed by atoms with Crippen molar-refractivity contribution in [1.29, 1.82) is 0 Å². The summed E-state index contributed by atoms with van der Waals surface area (Å²) in [5.74, 6) is 2.37. The molecule has 1 heterocycles. The van der Waals surface area contributed by atoms with Gasteiger partial charge in [0.25, 0.3) is 5.56 Å². The summed E-state index contributed by atoms with van der Waals surface area (Å²) in [7, 11) is 0. The molecule has 4 heteroatoms. The first-order valence-corrected chi connectivity index (χ1v) is 6.70. The Morgan fingerprint density at radius 2 is 2.17 bits per heavy atom. The van der Waals surface area contributed by atoms with E-state index in [1.807, 2.05) is 6.92 Å². The fraction of sp³-hybridized carbons (Fsp3) is 0.714. The minimum absolute atomic E-state index is 0.0790. The van der Waals surface area contributed by atoms with Gasteiger partial charge in [-0.15, -0.1) is 0 Å². The smallest absolute Gasteiger partial charge is 0.251 e.